The monoisotopic (exact) mass is 382 g/mol. The molecule has 1 aromatic carbocycles. The SMILES string of the molecule is CS(=O)(=O)c1ccc(OCCCCC(=O)NC2CCCCC2CN)cc1. The van der Waals surface area contributed by atoms with Gasteiger partial charge in [-0.15, -0.1) is 0 Å². The fourth-order valence-corrected chi connectivity index (χ4v) is 3.95. The van der Waals surface area contributed by atoms with Crippen molar-refractivity contribution in [1.29, 1.82) is 0 Å². The Kier molecular flexibility index (Phi) is 7.90. The maximum Gasteiger partial charge on any atom is 0.220 e. The lowest BCUT2D eigenvalue weighted by atomic mass is 9.84. The Hall–Kier alpha value is -1.60. The summed E-state index contributed by atoms with van der Waals surface area (Å²) >= 11 is 0. The van der Waals surface area contributed by atoms with Crippen LogP contribution in [0.1, 0.15) is 44.9 Å². The quantitative estimate of drug-likeness (QED) is 0.639. The molecule has 0 heterocycles. The lowest BCUT2D eigenvalue weighted by Gasteiger charge is -2.31. The first kappa shape index (κ1) is 20.7. The van der Waals surface area contributed by atoms with Crippen LogP contribution in [0.4, 0.5) is 0 Å². The van der Waals surface area contributed by atoms with Crippen LogP contribution >= 0.6 is 0 Å². The van der Waals surface area contributed by atoms with Crippen LogP contribution in [0.2, 0.25) is 0 Å². The van der Waals surface area contributed by atoms with Crippen molar-refractivity contribution < 1.29 is 17.9 Å². The number of ether oxygens (including phenoxy) is 1. The van der Waals surface area contributed by atoms with Crippen LogP contribution in [-0.2, 0) is 14.6 Å². The molecule has 1 aliphatic carbocycles. The Morgan fingerprint density at radius 1 is 1.19 bits per heavy atom. The molecule has 2 rings (SSSR count). The number of hydrogen-bond donors (Lipinski definition) is 2. The summed E-state index contributed by atoms with van der Waals surface area (Å²) in [6, 6.07) is 6.61. The van der Waals surface area contributed by atoms with E-state index in [1.54, 1.807) is 12.1 Å². The second-order valence-electron chi connectivity index (χ2n) is 7.00. The highest BCUT2D eigenvalue weighted by molar-refractivity contribution is 7.90. The number of amides is 1. The molecule has 0 aliphatic heterocycles. The summed E-state index contributed by atoms with van der Waals surface area (Å²) in [6.45, 7) is 1.14. The Bertz CT molecular complexity index is 673. The summed E-state index contributed by atoms with van der Waals surface area (Å²) in [7, 11) is -3.18. The number of benzene rings is 1. The van der Waals surface area contributed by atoms with Crippen molar-refractivity contribution in [3.05, 3.63) is 24.3 Å². The Morgan fingerprint density at radius 3 is 2.54 bits per heavy atom. The third kappa shape index (κ3) is 6.61. The van der Waals surface area contributed by atoms with Crippen molar-refractivity contribution in [3.63, 3.8) is 0 Å². The second-order valence-corrected chi connectivity index (χ2v) is 9.02. The average Bonchev–Trinajstić information content (AvgIpc) is 2.61. The largest absolute Gasteiger partial charge is 0.494 e. The molecule has 1 saturated carbocycles. The van der Waals surface area contributed by atoms with Gasteiger partial charge in [0.05, 0.1) is 11.5 Å². The minimum atomic E-state index is -3.18. The summed E-state index contributed by atoms with van der Waals surface area (Å²) < 4.78 is 28.4. The Balaban J connectivity index is 1.63. The van der Waals surface area contributed by atoms with Gasteiger partial charge in [-0.2, -0.15) is 0 Å². The van der Waals surface area contributed by atoms with Gasteiger partial charge >= 0.3 is 0 Å². The molecule has 1 amide bonds. The van der Waals surface area contributed by atoms with Gasteiger partial charge in [0, 0.05) is 18.7 Å². The van der Waals surface area contributed by atoms with Crippen molar-refractivity contribution in [3.8, 4) is 5.75 Å². The summed E-state index contributed by atoms with van der Waals surface area (Å²) in [5.41, 5.74) is 5.80. The molecule has 2 atom stereocenters. The first-order valence-electron chi connectivity index (χ1n) is 9.32. The predicted molar refractivity (Wildman–Crippen MR) is 102 cm³/mol. The van der Waals surface area contributed by atoms with Crippen LogP contribution in [0, 0.1) is 5.92 Å². The van der Waals surface area contributed by atoms with Gasteiger partial charge < -0.3 is 15.8 Å². The number of nitrogens with two attached hydrogens (primary N) is 1. The molecular weight excluding hydrogens is 352 g/mol. The van der Waals surface area contributed by atoms with Crippen LogP contribution < -0.4 is 15.8 Å². The number of unbranched alkanes of at least 4 members (excludes halogenated alkanes) is 1. The van der Waals surface area contributed by atoms with Crippen LogP contribution in [0.25, 0.3) is 0 Å². The third-order valence-corrected chi connectivity index (χ3v) is 6.01. The maximum atomic E-state index is 12.1. The molecule has 6 nitrogen and oxygen atoms in total. The normalized spacial score (nSPS) is 20.5. The van der Waals surface area contributed by atoms with E-state index in [0.717, 1.165) is 32.1 Å². The van der Waals surface area contributed by atoms with E-state index < -0.39 is 9.84 Å². The zero-order valence-corrected chi connectivity index (χ0v) is 16.3. The Morgan fingerprint density at radius 2 is 1.88 bits per heavy atom. The highest BCUT2D eigenvalue weighted by atomic mass is 32.2. The summed E-state index contributed by atoms with van der Waals surface area (Å²) in [5, 5.41) is 3.13. The zero-order chi connectivity index (χ0) is 19.0. The number of hydrogen-bond acceptors (Lipinski definition) is 5. The minimum Gasteiger partial charge on any atom is -0.494 e. The summed E-state index contributed by atoms with van der Waals surface area (Å²) in [6.07, 6.45) is 7.69. The van der Waals surface area contributed by atoms with Crippen LogP contribution in [-0.4, -0.2) is 39.8 Å². The third-order valence-electron chi connectivity index (χ3n) is 4.88. The Labute approximate surface area is 156 Å². The lowest BCUT2D eigenvalue weighted by Crippen LogP contribution is -2.44. The van der Waals surface area contributed by atoms with Crippen molar-refractivity contribution in [2.45, 2.75) is 55.9 Å². The number of nitrogens with one attached hydrogen (secondary N) is 1. The van der Waals surface area contributed by atoms with Crippen LogP contribution in [0.5, 0.6) is 5.75 Å². The molecule has 0 spiro atoms. The van der Waals surface area contributed by atoms with E-state index in [1.165, 1.54) is 24.8 Å². The van der Waals surface area contributed by atoms with E-state index in [1.807, 2.05) is 0 Å². The first-order valence-corrected chi connectivity index (χ1v) is 11.2. The molecule has 146 valence electrons. The number of rotatable bonds is 9. The van der Waals surface area contributed by atoms with Gasteiger partial charge in [-0.1, -0.05) is 12.8 Å². The minimum absolute atomic E-state index is 0.0906. The van der Waals surface area contributed by atoms with Gasteiger partial charge in [-0.25, -0.2) is 8.42 Å². The molecule has 3 N–H and O–H groups in total. The number of sulfone groups is 1. The van der Waals surface area contributed by atoms with Gasteiger partial charge in [-0.05, 0) is 62.4 Å². The van der Waals surface area contributed by atoms with E-state index in [9.17, 15) is 13.2 Å². The van der Waals surface area contributed by atoms with Crippen molar-refractivity contribution in [2.24, 2.45) is 11.7 Å². The van der Waals surface area contributed by atoms with Crippen LogP contribution in [0.15, 0.2) is 29.2 Å². The highest BCUT2D eigenvalue weighted by Gasteiger charge is 2.24. The van der Waals surface area contributed by atoms with Gasteiger partial charge in [0.15, 0.2) is 9.84 Å². The molecule has 1 fully saturated rings. The molecule has 0 bridgehead atoms. The number of carbonyl (C=O) groups is 1. The molecule has 7 heteroatoms. The standard InChI is InChI=1S/C19H30N2O4S/c1-26(23,24)17-11-9-16(10-12-17)25-13-5-4-8-19(22)21-18-7-3-2-6-15(18)14-20/h9-12,15,18H,2-8,13-14,20H2,1H3,(H,21,22). The summed E-state index contributed by atoms with van der Waals surface area (Å²) in [5.74, 6) is 1.13. The average molecular weight is 383 g/mol. The fourth-order valence-electron chi connectivity index (χ4n) is 3.32. The van der Waals surface area contributed by atoms with Gasteiger partial charge in [0.25, 0.3) is 0 Å². The molecule has 0 saturated heterocycles. The summed E-state index contributed by atoms with van der Waals surface area (Å²) in [4.78, 5) is 12.4. The van der Waals surface area contributed by atoms with Crippen molar-refractivity contribution in [1.82, 2.24) is 5.32 Å². The van der Waals surface area contributed by atoms with Crippen molar-refractivity contribution >= 4 is 15.7 Å². The van der Waals surface area contributed by atoms with E-state index in [0.29, 0.717) is 31.2 Å². The second kappa shape index (κ2) is 9.92. The van der Waals surface area contributed by atoms with Crippen molar-refractivity contribution in [2.75, 3.05) is 19.4 Å². The van der Waals surface area contributed by atoms with Gasteiger partial charge in [0.2, 0.25) is 5.91 Å². The van der Waals surface area contributed by atoms with E-state index in [-0.39, 0.29) is 16.8 Å². The van der Waals surface area contributed by atoms with Crippen LogP contribution in [0.3, 0.4) is 0 Å². The number of carbonyl (C=O) groups excluding carboxylic acids is 1. The smallest absolute Gasteiger partial charge is 0.220 e. The molecule has 2 unspecified atom stereocenters. The predicted octanol–water partition coefficient (Wildman–Crippen LogP) is 2.27. The first-order chi connectivity index (χ1) is 12.4. The zero-order valence-electron chi connectivity index (χ0n) is 15.4. The van der Waals surface area contributed by atoms with Gasteiger partial charge in [0.1, 0.15) is 5.75 Å². The maximum absolute atomic E-state index is 12.1. The lowest BCUT2D eigenvalue weighted by molar-refractivity contribution is -0.122. The molecule has 0 aromatic heterocycles. The van der Waals surface area contributed by atoms with Gasteiger partial charge in [-0.3, -0.25) is 4.79 Å². The fraction of sp³-hybridized carbons (Fsp3) is 0.632. The molecule has 1 aliphatic rings. The van der Waals surface area contributed by atoms with E-state index in [2.05, 4.69) is 5.32 Å². The van der Waals surface area contributed by atoms with E-state index >= 15 is 0 Å². The topological polar surface area (TPSA) is 98.5 Å². The molecule has 0 radical (unpaired) electrons. The molecular formula is C19H30N2O4S. The highest BCUT2D eigenvalue weighted by Crippen LogP contribution is 2.23. The van der Waals surface area contributed by atoms with E-state index in [4.69, 9.17) is 10.5 Å². The molecule has 26 heavy (non-hydrogen) atoms. The molecule has 1 aromatic rings.